The van der Waals surface area contributed by atoms with E-state index in [-0.39, 0.29) is 0 Å². The molecule has 0 saturated carbocycles. The van der Waals surface area contributed by atoms with Crippen LogP contribution in [0.3, 0.4) is 0 Å². The Morgan fingerprint density at radius 1 is 1.36 bits per heavy atom. The van der Waals surface area contributed by atoms with Crippen molar-refractivity contribution in [3.8, 4) is 11.3 Å². The van der Waals surface area contributed by atoms with Gasteiger partial charge in [0.05, 0.1) is 0 Å². The highest BCUT2D eigenvalue weighted by atomic mass is 127. The number of rotatable bonds is 1. The molecule has 0 aliphatic carbocycles. The van der Waals surface area contributed by atoms with Gasteiger partial charge >= 0.3 is 0 Å². The van der Waals surface area contributed by atoms with E-state index in [0.29, 0.717) is 5.88 Å². The number of anilines is 1. The van der Waals surface area contributed by atoms with E-state index >= 15 is 0 Å². The lowest BCUT2D eigenvalue weighted by atomic mass is 10.1. The highest BCUT2D eigenvalue weighted by molar-refractivity contribution is 14.1. The number of nitrogen functional groups attached to an aromatic ring is 1. The normalized spacial score (nSPS) is 10.4. The molecule has 2 aromatic rings. The summed E-state index contributed by atoms with van der Waals surface area (Å²) in [4.78, 5) is 0. The van der Waals surface area contributed by atoms with Crippen LogP contribution in [0.5, 0.6) is 0 Å². The quantitative estimate of drug-likeness (QED) is 0.824. The number of nitrogens with zero attached hydrogens (tertiary/aromatic N) is 1. The number of benzene rings is 1. The number of hydrogen-bond acceptors (Lipinski definition) is 3. The first-order valence-corrected chi connectivity index (χ1v) is 5.24. The fraction of sp³-hybridized carbons (Fsp3) is 0.100. The van der Waals surface area contributed by atoms with E-state index in [2.05, 4.69) is 27.7 Å². The third kappa shape index (κ3) is 1.50. The monoisotopic (exact) mass is 300 g/mol. The summed E-state index contributed by atoms with van der Waals surface area (Å²) in [5, 5.41) is 3.94. The molecule has 0 spiro atoms. The molecule has 3 nitrogen and oxygen atoms in total. The number of nitrogens with two attached hydrogens (primary N) is 1. The lowest BCUT2D eigenvalue weighted by Gasteiger charge is -1.99. The fourth-order valence-electron chi connectivity index (χ4n) is 1.25. The third-order valence-electron chi connectivity index (χ3n) is 2.09. The number of aromatic nitrogens is 1. The highest BCUT2D eigenvalue weighted by Crippen LogP contribution is 2.29. The van der Waals surface area contributed by atoms with Crippen molar-refractivity contribution in [2.75, 3.05) is 5.73 Å². The van der Waals surface area contributed by atoms with Crippen LogP contribution < -0.4 is 5.73 Å². The molecule has 1 aromatic heterocycles. The summed E-state index contributed by atoms with van der Waals surface area (Å²) < 4.78 is 6.07. The Bertz CT molecular complexity index is 465. The summed E-state index contributed by atoms with van der Waals surface area (Å²) in [5.41, 5.74) is 8.38. The van der Waals surface area contributed by atoms with Gasteiger partial charge in [0.15, 0.2) is 0 Å². The maximum Gasteiger partial charge on any atom is 0.225 e. The molecule has 14 heavy (non-hydrogen) atoms. The molecule has 0 amide bonds. The van der Waals surface area contributed by atoms with Crippen molar-refractivity contribution in [2.45, 2.75) is 6.92 Å². The maximum absolute atomic E-state index is 5.60. The average molecular weight is 300 g/mol. The molecular weight excluding hydrogens is 291 g/mol. The molecule has 1 heterocycles. The lowest BCUT2D eigenvalue weighted by molar-refractivity contribution is 0.439. The van der Waals surface area contributed by atoms with Crippen molar-refractivity contribution in [1.29, 1.82) is 0 Å². The average Bonchev–Trinajstić information content (AvgIpc) is 2.49. The fourth-order valence-corrected chi connectivity index (χ4v) is 1.90. The number of hydrogen-bond donors (Lipinski definition) is 1. The largest absolute Gasteiger partial charge is 0.367 e. The van der Waals surface area contributed by atoms with E-state index in [1.54, 1.807) is 0 Å². The first-order valence-electron chi connectivity index (χ1n) is 4.17. The summed E-state index contributed by atoms with van der Waals surface area (Å²) >= 11 is 2.27. The van der Waals surface area contributed by atoms with Crippen LogP contribution in [0.1, 0.15) is 5.56 Å². The predicted molar refractivity (Wildman–Crippen MR) is 63.8 cm³/mol. The van der Waals surface area contributed by atoms with Crippen molar-refractivity contribution >= 4 is 28.5 Å². The van der Waals surface area contributed by atoms with Crippen LogP contribution in [0.4, 0.5) is 5.88 Å². The molecule has 0 aliphatic rings. The summed E-state index contributed by atoms with van der Waals surface area (Å²) in [7, 11) is 0. The lowest BCUT2D eigenvalue weighted by Crippen LogP contribution is -1.86. The maximum atomic E-state index is 5.60. The Balaban J connectivity index is 2.60. The van der Waals surface area contributed by atoms with Gasteiger partial charge in [0, 0.05) is 14.7 Å². The topological polar surface area (TPSA) is 52.0 Å². The van der Waals surface area contributed by atoms with E-state index in [9.17, 15) is 0 Å². The van der Waals surface area contributed by atoms with Crippen molar-refractivity contribution < 1.29 is 4.52 Å². The van der Waals surface area contributed by atoms with Crippen molar-refractivity contribution in [1.82, 2.24) is 5.16 Å². The zero-order valence-electron chi connectivity index (χ0n) is 7.62. The van der Waals surface area contributed by atoms with Crippen molar-refractivity contribution in [3.05, 3.63) is 33.4 Å². The molecular formula is C10H9IN2O. The summed E-state index contributed by atoms with van der Waals surface area (Å²) in [6.07, 6.45) is 0. The van der Waals surface area contributed by atoms with Crippen LogP contribution in [0.15, 0.2) is 28.8 Å². The van der Waals surface area contributed by atoms with Crippen LogP contribution in [-0.4, -0.2) is 5.16 Å². The minimum Gasteiger partial charge on any atom is -0.367 e. The molecule has 0 unspecified atom stereocenters. The SMILES string of the molecule is Cc1c(-c2ccccc2I)noc1N. The van der Waals surface area contributed by atoms with Gasteiger partial charge in [0.1, 0.15) is 5.69 Å². The minimum absolute atomic E-state index is 0.389. The standard InChI is InChI=1S/C10H9IN2O/c1-6-9(13-14-10(6)12)7-4-2-3-5-8(7)11/h2-5H,12H2,1H3. The zero-order valence-corrected chi connectivity index (χ0v) is 9.78. The molecule has 0 fully saturated rings. The first kappa shape index (κ1) is 9.51. The predicted octanol–water partition coefficient (Wildman–Crippen LogP) is 2.84. The van der Waals surface area contributed by atoms with E-state index in [1.807, 2.05) is 31.2 Å². The third-order valence-corrected chi connectivity index (χ3v) is 3.03. The second kappa shape index (κ2) is 3.61. The molecule has 72 valence electrons. The van der Waals surface area contributed by atoms with E-state index in [1.165, 1.54) is 0 Å². The van der Waals surface area contributed by atoms with Gasteiger partial charge in [-0.3, -0.25) is 0 Å². The van der Waals surface area contributed by atoms with Gasteiger partial charge in [-0.05, 0) is 35.6 Å². The molecule has 0 saturated heterocycles. The zero-order chi connectivity index (χ0) is 10.1. The minimum atomic E-state index is 0.389. The molecule has 2 N–H and O–H groups in total. The Labute approximate surface area is 95.4 Å². The Hall–Kier alpha value is -1.04. The van der Waals surface area contributed by atoms with Crippen LogP contribution in [0.25, 0.3) is 11.3 Å². The molecule has 2 rings (SSSR count). The summed E-state index contributed by atoms with van der Waals surface area (Å²) in [5.74, 6) is 0.389. The van der Waals surface area contributed by atoms with Gasteiger partial charge in [-0.15, -0.1) is 0 Å². The van der Waals surface area contributed by atoms with Gasteiger partial charge in [0.25, 0.3) is 0 Å². The molecule has 0 bridgehead atoms. The Morgan fingerprint density at radius 3 is 2.64 bits per heavy atom. The van der Waals surface area contributed by atoms with Crippen LogP contribution in [0, 0.1) is 10.5 Å². The highest BCUT2D eigenvalue weighted by Gasteiger charge is 2.12. The van der Waals surface area contributed by atoms with Gasteiger partial charge in [0.2, 0.25) is 5.88 Å². The second-order valence-electron chi connectivity index (χ2n) is 3.00. The van der Waals surface area contributed by atoms with Crippen LogP contribution in [-0.2, 0) is 0 Å². The van der Waals surface area contributed by atoms with Crippen molar-refractivity contribution in [3.63, 3.8) is 0 Å². The van der Waals surface area contributed by atoms with E-state index in [0.717, 1.165) is 20.4 Å². The van der Waals surface area contributed by atoms with Gasteiger partial charge in [-0.25, -0.2) is 0 Å². The Morgan fingerprint density at radius 2 is 2.07 bits per heavy atom. The number of halogens is 1. The van der Waals surface area contributed by atoms with Crippen LogP contribution in [0.2, 0.25) is 0 Å². The summed E-state index contributed by atoms with van der Waals surface area (Å²) in [6.45, 7) is 1.91. The molecule has 0 radical (unpaired) electrons. The van der Waals surface area contributed by atoms with E-state index in [4.69, 9.17) is 10.3 Å². The molecule has 0 aliphatic heterocycles. The first-order chi connectivity index (χ1) is 6.70. The van der Waals surface area contributed by atoms with Gasteiger partial charge < -0.3 is 10.3 Å². The van der Waals surface area contributed by atoms with Crippen molar-refractivity contribution in [2.24, 2.45) is 0 Å². The second-order valence-corrected chi connectivity index (χ2v) is 4.16. The van der Waals surface area contributed by atoms with E-state index < -0.39 is 0 Å². The summed E-state index contributed by atoms with van der Waals surface area (Å²) in [6, 6.07) is 8.00. The molecule has 1 aromatic carbocycles. The molecule has 4 heteroatoms. The van der Waals surface area contributed by atoms with Crippen LogP contribution >= 0.6 is 22.6 Å². The smallest absolute Gasteiger partial charge is 0.225 e. The Kier molecular flexibility index (Phi) is 2.45. The van der Waals surface area contributed by atoms with Gasteiger partial charge in [-0.1, -0.05) is 23.4 Å². The van der Waals surface area contributed by atoms with Gasteiger partial charge in [-0.2, -0.15) is 0 Å². The molecule has 0 atom stereocenters.